The van der Waals surface area contributed by atoms with Gasteiger partial charge in [0, 0.05) is 5.56 Å². The predicted octanol–water partition coefficient (Wildman–Crippen LogP) is 4.67. The molecule has 1 heterocycles. The number of para-hydroxylation sites is 2. The zero-order chi connectivity index (χ0) is 22.5. The van der Waals surface area contributed by atoms with Crippen LogP contribution in [0.2, 0.25) is 0 Å². The Kier molecular flexibility index (Phi) is 6.40. The van der Waals surface area contributed by atoms with E-state index in [1.165, 1.54) is 0 Å². The summed E-state index contributed by atoms with van der Waals surface area (Å²) < 4.78 is 13.2. The second kappa shape index (κ2) is 9.56. The molecule has 0 radical (unpaired) electrons. The molecule has 3 aromatic carbocycles. The van der Waals surface area contributed by atoms with Crippen LogP contribution in [0.1, 0.15) is 27.3 Å². The van der Waals surface area contributed by atoms with Crippen LogP contribution in [0.15, 0.2) is 66.7 Å². The quantitative estimate of drug-likeness (QED) is 0.442. The first-order valence-corrected chi connectivity index (χ1v) is 10.6. The van der Waals surface area contributed by atoms with Crippen LogP contribution in [0.5, 0.6) is 11.5 Å². The molecule has 0 atom stereocenters. The Hall–Kier alpha value is -3.80. The van der Waals surface area contributed by atoms with Crippen LogP contribution >= 0.6 is 0 Å². The molecular formula is C26H27N3O3. The lowest BCUT2D eigenvalue weighted by Crippen LogP contribution is -2.26. The van der Waals surface area contributed by atoms with Gasteiger partial charge in [-0.3, -0.25) is 4.79 Å². The number of carbonyl (C=O) groups is 1. The van der Waals surface area contributed by atoms with E-state index in [-0.39, 0.29) is 5.91 Å². The highest BCUT2D eigenvalue weighted by molar-refractivity contribution is 5.95. The molecule has 0 aliphatic rings. The molecule has 0 saturated heterocycles. The van der Waals surface area contributed by atoms with Crippen LogP contribution < -0.4 is 14.8 Å². The first kappa shape index (κ1) is 21.4. The molecule has 1 amide bonds. The number of methoxy groups -OCH3 is 1. The van der Waals surface area contributed by atoms with Crippen molar-refractivity contribution in [2.75, 3.05) is 13.7 Å². The second-order valence-corrected chi connectivity index (χ2v) is 7.69. The van der Waals surface area contributed by atoms with E-state index in [2.05, 4.69) is 9.88 Å². The maximum Gasteiger partial charge on any atom is 0.251 e. The van der Waals surface area contributed by atoms with Crippen molar-refractivity contribution in [2.24, 2.45) is 0 Å². The van der Waals surface area contributed by atoms with Crippen LogP contribution in [0.25, 0.3) is 11.0 Å². The van der Waals surface area contributed by atoms with Crippen molar-refractivity contribution in [3.05, 3.63) is 89.2 Å². The third kappa shape index (κ3) is 4.75. The number of hydrogen-bond donors (Lipinski definition) is 1. The van der Waals surface area contributed by atoms with E-state index >= 15 is 0 Å². The number of ether oxygens (including phenoxy) is 2. The maximum absolute atomic E-state index is 12.7. The molecule has 6 nitrogen and oxygen atoms in total. The van der Waals surface area contributed by atoms with Gasteiger partial charge in [-0.25, -0.2) is 4.98 Å². The third-order valence-electron chi connectivity index (χ3n) is 5.41. The number of amides is 1. The smallest absolute Gasteiger partial charge is 0.251 e. The van der Waals surface area contributed by atoms with Gasteiger partial charge in [0.05, 0.1) is 31.2 Å². The van der Waals surface area contributed by atoms with Gasteiger partial charge in [-0.05, 0) is 61.9 Å². The number of imidazole rings is 1. The van der Waals surface area contributed by atoms with E-state index in [1.807, 2.05) is 80.6 Å². The minimum Gasteiger partial charge on any atom is -0.497 e. The fraction of sp³-hybridized carbons (Fsp3) is 0.231. The zero-order valence-corrected chi connectivity index (χ0v) is 18.6. The lowest BCUT2D eigenvalue weighted by Gasteiger charge is -2.12. The van der Waals surface area contributed by atoms with Crippen molar-refractivity contribution in [2.45, 2.75) is 26.9 Å². The molecule has 0 saturated carbocycles. The van der Waals surface area contributed by atoms with Gasteiger partial charge in [0.15, 0.2) is 0 Å². The Bertz CT molecular complexity index is 1230. The third-order valence-corrected chi connectivity index (χ3v) is 5.41. The highest BCUT2D eigenvalue weighted by Crippen LogP contribution is 2.19. The minimum absolute atomic E-state index is 0.101. The average molecular weight is 430 g/mol. The molecule has 164 valence electrons. The Morgan fingerprint density at radius 3 is 2.50 bits per heavy atom. The first-order valence-electron chi connectivity index (χ1n) is 10.6. The maximum atomic E-state index is 12.7. The molecule has 1 aromatic heterocycles. The summed E-state index contributed by atoms with van der Waals surface area (Å²) >= 11 is 0. The summed E-state index contributed by atoms with van der Waals surface area (Å²) in [6.07, 6.45) is 0. The van der Waals surface area contributed by atoms with Gasteiger partial charge >= 0.3 is 0 Å². The van der Waals surface area contributed by atoms with Gasteiger partial charge in [0.25, 0.3) is 5.91 Å². The summed E-state index contributed by atoms with van der Waals surface area (Å²) in [4.78, 5) is 17.5. The molecule has 4 rings (SSSR count). The summed E-state index contributed by atoms with van der Waals surface area (Å²) in [5, 5.41) is 3.02. The fourth-order valence-corrected chi connectivity index (χ4v) is 3.76. The number of nitrogens with zero attached hydrogens (tertiary/aromatic N) is 2. The number of aromatic nitrogens is 2. The first-order chi connectivity index (χ1) is 15.5. The molecule has 0 unspecified atom stereocenters. The molecule has 4 aromatic rings. The molecule has 0 bridgehead atoms. The minimum atomic E-state index is -0.101. The van der Waals surface area contributed by atoms with Crippen molar-refractivity contribution >= 4 is 16.9 Å². The van der Waals surface area contributed by atoms with E-state index < -0.39 is 0 Å². The van der Waals surface area contributed by atoms with Crippen molar-refractivity contribution in [1.82, 2.24) is 14.9 Å². The number of benzene rings is 3. The lowest BCUT2D eigenvalue weighted by molar-refractivity contribution is 0.0949. The molecule has 0 aliphatic heterocycles. The van der Waals surface area contributed by atoms with Crippen LogP contribution in [0.3, 0.4) is 0 Å². The van der Waals surface area contributed by atoms with Gasteiger partial charge in [-0.1, -0.05) is 29.8 Å². The Morgan fingerprint density at radius 2 is 1.75 bits per heavy atom. The van der Waals surface area contributed by atoms with E-state index in [9.17, 15) is 4.79 Å². The summed E-state index contributed by atoms with van der Waals surface area (Å²) in [6.45, 7) is 5.40. The summed E-state index contributed by atoms with van der Waals surface area (Å²) in [5.74, 6) is 2.26. The average Bonchev–Trinajstić information content (AvgIpc) is 3.15. The van der Waals surface area contributed by atoms with Crippen molar-refractivity contribution < 1.29 is 14.3 Å². The van der Waals surface area contributed by atoms with Gasteiger partial charge in [0.1, 0.15) is 23.9 Å². The number of nitrogens with one attached hydrogen (secondary N) is 1. The zero-order valence-electron chi connectivity index (χ0n) is 18.6. The number of aryl methyl sites for hydroxylation is 2. The number of fused-ring (bicyclic) bond motifs is 1. The lowest BCUT2D eigenvalue weighted by atomic mass is 10.1. The van der Waals surface area contributed by atoms with Crippen LogP contribution in [-0.2, 0) is 13.1 Å². The summed E-state index contributed by atoms with van der Waals surface area (Å²) in [7, 11) is 1.64. The SMILES string of the molecule is COc1ccc(OCCn2c(CNC(=O)c3ccc(C)cc3C)nc3ccccc32)cc1. The van der Waals surface area contributed by atoms with Crippen LogP contribution in [-0.4, -0.2) is 29.2 Å². The summed E-state index contributed by atoms with van der Waals surface area (Å²) in [5.41, 5.74) is 4.69. The molecule has 0 spiro atoms. The monoisotopic (exact) mass is 429 g/mol. The topological polar surface area (TPSA) is 65.4 Å². The van der Waals surface area contributed by atoms with Gasteiger partial charge < -0.3 is 19.4 Å². The highest BCUT2D eigenvalue weighted by atomic mass is 16.5. The normalized spacial score (nSPS) is 10.8. The number of hydrogen-bond acceptors (Lipinski definition) is 4. The van der Waals surface area contributed by atoms with E-state index in [0.717, 1.165) is 39.5 Å². The highest BCUT2D eigenvalue weighted by Gasteiger charge is 2.14. The Labute approximate surface area is 187 Å². The molecular weight excluding hydrogens is 402 g/mol. The Morgan fingerprint density at radius 1 is 1.00 bits per heavy atom. The van der Waals surface area contributed by atoms with Gasteiger partial charge in [-0.15, -0.1) is 0 Å². The van der Waals surface area contributed by atoms with Crippen molar-refractivity contribution in [3.8, 4) is 11.5 Å². The van der Waals surface area contributed by atoms with Gasteiger partial charge in [-0.2, -0.15) is 0 Å². The molecule has 0 fully saturated rings. The van der Waals surface area contributed by atoms with Crippen molar-refractivity contribution in [1.29, 1.82) is 0 Å². The molecule has 0 aliphatic carbocycles. The number of carbonyl (C=O) groups excluding carboxylic acids is 1. The van der Waals surface area contributed by atoms with Crippen LogP contribution in [0, 0.1) is 13.8 Å². The Balaban J connectivity index is 1.47. The van der Waals surface area contributed by atoms with Crippen LogP contribution in [0.4, 0.5) is 0 Å². The van der Waals surface area contributed by atoms with Crippen molar-refractivity contribution in [3.63, 3.8) is 0 Å². The molecule has 6 heteroatoms. The van der Waals surface area contributed by atoms with E-state index in [1.54, 1.807) is 7.11 Å². The largest absolute Gasteiger partial charge is 0.497 e. The predicted molar refractivity (Wildman–Crippen MR) is 125 cm³/mol. The van der Waals surface area contributed by atoms with E-state index in [4.69, 9.17) is 14.5 Å². The van der Waals surface area contributed by atoms with Gasteiger partial charge in [0.2, 0.25) is 0 Å². The van der Waals surface area contributed by atoms with E-state index in [0.29, 0.717) is 25.3 Å². The standard InChI is InChI=1S/C26H27N3O3/c1-18-8-13-22(19(2)16-18)26(30)27-17-25-28-23-6-4-5-7-24(23)29(25)14-15-32-21-11-9-20(31-3)10-12-21/h4-13,16H,14-15,17H2,1-3H3,(H,27,30). The second-order valence-electron chi connectivity index (χ2n) is 7.69. The summed E-state index contributed by atoms with van der Waals surface area (Å²) in [6, 6.07) is 21.3. The number of rotatable bonds is 8. The fourth-order valence-electron chi connectivity index (χ4n) is 3.76. The molecule has 32 heavy (non-hydrogen) atoms. The molecule has 1 N–H and O–H groups in total.